The maximum atomic E-state index is 11.6. The maximum absolute atomic E-state index is 11.6. The summed E-state index contributed by atoms with van der Waals surface area (Å²) in [6, 6.07) is 0.810. The first kappa shape index (κ1) is 11.7. The van der Waals surface area contributed by atoms with Crippen molar-refractivity contribution in [3.8, 4) is 0 Å². The van der Waals surface area contributed by atoms with Crippen molar-refractivity contribution in [3.05, 3.63) is 0 Å². The Labute approximate surface area is 96.5 Å². The van der Waals surface area contributed by atoms with E-state index in [2.05, 4.69) is 10.6 Å². The summed E-state index contributed by atoms with van der Waals surface area (Å²) in [4.78, 5) is 13.5. The lowest BCUT2D eigenvalue weighted by Gasteiger charge is -2.26. The van der Waals surface area contributed by atoms with Crippen LogP contribution in [0.2, 0.25) is 0 Å². The smallest absolute Gasteiger partial charge is 0.317 e. The number of hydrogen-bond acceptors (Lipinski definition) is 3. The topological polar surface area (TPSA) is 53.6 Å². The zero-order valence-electron chi connectivity index (χ0n) is 9.71. The summed E-state index contributed by atoms with van der Waals surface area (Å²) < 4.78 is 5.19. The summed E-state index contributed by atoms with van der Waals surface area (Å²) >= 11 is 0. The van der Waals surface area contributed by atoms with Crippen LogP contribution < -0.4 is 10.6 Å². The summed E-state index contributed by atoms with van der Waals surface area (Å²) in [6.07, 6.45) is 3.65. The van der Waals surface area contributed by atoms with Gasteiger partial charge in [0, 0.05) is 25.7 Å². The van der Waals surface area contributed by atoms with Gasteiger partial charge < -0.3 is 20.3 Å². The molecule has 2 fully saturated rings. The minimum Gasteiger partial charge on any atom is -0.378 e. The number of urea groups is 1. The zero-order chi connectivity index (χ0) is 11.2. The molecule has 2 rings (SSSR count). The molecule has 0 bridgehead atoms. The minimum atomic E-state index is 0.0507. The summed E-state index contributed by atoms with van der Waals surface area (Å²) in [5.41, 5.74) is 0. The largest absolute Gasteiger partial charge is 0.378 e. The first-order valence-electron chi connectivity index (χ1n) is 6.20. The normalized spacial score (nSPS) is 20.9. The van der Waals surface area contributed by atoms with Gasteiger partial charge in [0.25, 0.3) is 0 Å². The molecule has 1 aliphatic heterocycles. The molecule has 0 unspecified atom stereocenters. The number of carbonyl (C=O) groups excluding carboxylic acids is 1. The molecule has 2 N–H and O–H groups in total. The molecule has 1 aliphatic carbocycles. The molecule has 5 heteroatoms. The van der Waals surface area contributed by atoms with E-state index in [4.69, 9.17) is 4.74 Å². The van der Waals surface area contributed by atoms with Crippen LogP contribution in [0, 0.1) is 0 Å². The standard InChI is InChI=1S/C11H21N3O2/c15-11(14-6-8-16-9-7-14)13-5-1-4-12-10-2-3-10/h10,12H,1-9H2,(H,13,15). The third-order valence-electron chi connectivity index (χ3n) is 2.94. The lowest BCUT2D eigenvalue weighted by Crippen LogP contribution is -2.46. The third kappa shape index (κ3) is 3.98. The molecule has 0 aromatic rings. The van der Waals surface area contributed by atoms with Crippen LogP contribution in [0.25, 0.3) is 0 Å². The van der Waals surface area contributed by atoms with Gasteiger partial charge >= 0.3 is 6.03 Å². The van der Waals surface area contributed by atoms with Crippen molar-refractivity contribution in [1.82, 2.24) is 15.5 Å². The number of morpholine rings is 1. The Morgan fingerprint density at radius 3 is 2.69 bits per heavy atom. The van der Waals surface area contributed by atoms with Crippen LogP contribution in [0.15, 0.2) is 0 Å². The highest BCUT2D eigenvalue weighted by atomic mass is 16.5. The van der Waals surface area contributed by atoms with Crippen molar-refractivity contribution in [2.24, 2.45) is 0 Å². The van der Waals surface area contributed by atoms with Gasteiger partial charge in [-0.3, -0.25) is 0 Å². The van der Waals surface area contributed by atoms with E-state index in [0.29, 0.717) is 26.3 Å². The Kier molecular flexibility index (Phi) is 4.42. The predicted octanol–water partition coefficient (Wildman–Crippen LogP) is 0.170. The molecule has 0 aromatic heterocycles. The molecule has 0 atom stereocenters. The van der Waals surface area contributed by atoms with Crippen molar-refractivity contribution in [2.75, 3.05) is 39.4 Å². The lowest BCUT2D eigenvalue weighted by atomic mass is 10.4. The fraction of sp³-hybridized carbons (Fsp3) is 0.909. The second-order valence-corrected chi connectivity index (χ2v) is 4.41. The Morgan fingerprint density at radius 2 is 2.00 bits per heavy atom. The van der Waals surface area contributed by atoms with Crippen LogP contribution in [0.5, 0.6) is 0 Å². The fourth-order valence-electron chi connectivity index (χ4n) is 1.76. The van der Waals surface area contributed by atoms with Crippen molar-refractivity contribution in [3.63, 3.8) is 0 Å². The maximum Gasteiger partial charge on any atom is 0.317 e. The first-order chi connectivity index (χ1) is 7.86. The number of ether oxygens (including phenoxy) is 1. The number of nitrogens with zero attached hydrogens (tertiary/aromatic N) is 1. The Bertz CT molecular complexity index is 225. The molecule has 1 saturated heterocycles. The van der Waals surface area contributed by atoms with Gasteiger partial charge in [-0.1, -0.05) is 0 Å². The molecule has 0 radical (unpaired) electrons. The van der Waals surface area contributed by atoms with E-state index in [0.717, 1.165) is 25.6 Å². The molecule has 1 saturated carbocycles. The zero-order valence-corrected chi connectivity index (χ0v) is 9.71. The van der Waals surface area contributed by atoms with Crippen LogP contribution in [0.4, 0.5) is 4.79 Å². The molecule has 0 aromatic carbocycles. The van der Waals surface area contributed by atoms with Crippen LogP contribution in [0.1, 0.15) is 19.3 Å². The second kappa shape index (κ2) is 6.06. The van der Waals surface area contributed by atoms with Gasteiger partial charge in [-0.15, -0.1) is 0 Å². The quantitative estimate of drug-likeness (QED) is 0.658. The second-order valence-electron chi connectivity index (χ2n) is 4.41. The van der Waals surface area contributed by atoms with Gasteiger partial charge in [-0.25, -0.2) is 4.79 Å². The summed E-state index contributed by atoms with van der Waals surface area (Å²) in [5.74, 6) is 0. The number of nitrogens with one attached hydrogen (secondary N) is 2. The van der Waals surface area contributed by atoms with Crippen molar-refractivity contribution in [1.29, 1.82) is 0 Å². The van der Waals surface area contributed by atoms with E-state index in [1.54, 1.807) is 0 Å². The van der Waals surface area contributed by atoms with Gasteiger partial charge in [-0.05, 0) is 25.8 Å². The summed E-state index contributed by atoms with van der Waals surface area (Å²) in [6.45, 7) is 4.52. The van der Waals surface area contributed by atoms with E-state index in [9.17, 15) is 4.79 Å². The number of hydrogen-bond donors (Lipinski definition) is 2. The fourth-order valence-corrected chi connectivity index (χ4v) is 1.76. The van der Waals surface area contributed by atoms with E-state index >= 15 is 0 Å². The van der Waals surface area contributed by atoms with Crippen molar-refractivity contribution < 1.29 is 9.53 Å². The van der Waals surface area contributed by atoms with Crippen LogP contribution in [-0.2, 0) is 4.74 Å². The number of rotatable bonds is 5. The van der Waals surface area contributed by atoms with E-state index in [1.807, 2.05) is 4.90 Å². The molecule has 2 aliphatic rings. The number of carbonyl (C=O) groups is 1. The third-order valence-corrected chi connectivity index (χ3v) is 2.94. The Morgan fingerprint density at radius 1 is 1.25 bits per heavy atom. The van der Waals surface area contributed by atoms with Gasteiger partial charge in [0.15, 0.2) is 0 Å². The van der Waals surface area contributed by atoms with Gasteiger partial charge in [0.2, 0.25) is 0 Å². The molecular formula is C11H21N3O2. The average Bonchev–Trinajstić information content (AvgIpc) is 3.13. The average molecular weight is 227 g/mol. The highest BCUT2D eigenvalue weighted by Gasteiger charge is 2.19. The van der Waals surface area contributed by atoms with Crippen LogP contribution >= 0.6 is 0 Å². The van der Waals surface area contributed by atoms with E-state index < -0.39 is 0 Å². The van der Waals surface area contributed by atoms with Gasteiger partial charge in [-0.2, -0.15) is 0 Å². The number of amides is 2. The molecule has 1 heterocycles. The lowest BCUT2D eigenvalue weighted by molar-refractivity contribution is 0.0532. The summed E-state index contributed by atoms with van der Waals surface area (Å²) in [5, 5.41) is 6.36. The molecular weight excluding hydrogens is 206 g/mol. The predicted molar refractivity (Wildman–Crippen MR) is 61.4 cm³/mol. The summed E-state index contributed by atoms with van der Waals surface area (Å²) in [7, 11) is 0. The molecule has 2 amide bonds. The van der Waals surface area contributed by atoms with Crippen molar-refractivity contribution >= 4 is 6.03 Å². The van der Waals surface area contributed by atoms with Gasteiger partial charge in [0.05, 0.1) is 13.2 Å². The minimum absolute atomic E-state index is 0.0507. The molecule has 0 spiro atoms. The SMILES string of the molecule is O=C(NCCCNC1CC1)N1CCOCC1. The van der Waals surface area contributed by atoms with E-state index in [1.165, 1.54) is 12.8 Å². The molecule has 92 valence electrons. The first-order valence-corrected chi connectivity index (χ1v) is 6.20. The van der Waals surface area contributed by atoms with Gasteiger partial charge in [0.1, 0.15) is 0 Å². The highest BCUT2D eigenvalue weighted by Crippen LogP contribution is 2.18. The monoisotopic (exact) mass is 227 g/mol. The van der Waals surface area contributed by atoms with E-state index in [-0.39, 0.29) is 6.03 Å². The molecule has 16 heavy (non-hydrogen) atoms. The van der Waals surface area contributed by atoms with Crippen LogP contribution in [-0.4, -0.2) is 56.4 Å². The Balaban J connectivity index is 1.48. The Hall–Kier alpha value is -0.810. The highest BCUT2D eigenvalue weighted by molar-refractivity contribution is 5.74. The molecule has 5 nitrogen and oxygen atoms in total. The van der Waals surface area contributed by atoms with Crippen LogP contribution in [0.3, 0.4) is 0 Å². The van der Waals surface area contributed by atoms with Crippen molar-refractivity contribution in [2.45, 2.75) is 25.3 Å².